The summed E-state index contributed by atoms with van der Waals surface area (Å²) in [6.45, 7) is 5.19. The van der Waals surface area contributed by atoms with E-state index in [-0.39, 0.29) is 0 Å². The number of likely N-dealkylation sites (N-methyl/N-ethyl adjacent to an activating group) is 1. The van der Waals surface area contributed by atoms with Gasteiger partial charge in [-0.15, -0.1) is 0 Å². The van der Waals surface area contributed by atoms with Crippen molar-refractivity contribution in [2.45, 2.75) is 32.4 Å². The van der Waals surface area contributed by atoms with E-state index in [4.69, 9.17) is 4.74 Å². The van der Waals surface area contributed by atoms with Crippen molar-refractivity contribution in [1.29, 1.82) is 0 Å². The molecule has 1 amide bonds. The summed E-state index contributed by atoms with van der Waals surface area (Å²) >= 11 is 3.04. The lowest BCUT2D eigenvalue weighted by atomic mass is 10.1. The molecule has 1 atom stereocenters. The zero-order valence-electron chi connectivity index (χ0n) is 11.8. The molecule has 4 nitrogen and oxygen atoms in total. The maximum atomic E-state index is 13.5. The van der Waals surface area contributed by atoms with Crippen molar-refractivity contribution >= 4 is 28.3 Å². The van der Waals surface area contributed by atoms with Crippen LogP contribution in [-0.2, 0) is 9.53 Å². The predicted molar refractivity (Wildman–Crippen MR) is 76.9 cm³/mol. The summed E-state index contributed by atoms with van der Waals surface area (Å²) in [5, 5.41) is 0. The first kappa shape index (κ1) is 16.6. The van der Waals surface area contributed by atoms with Crippen LogP contribution in [0.3, 0.4) is 0 Å². The molecule has 110 valence electrons. The Morgan fingerprint density at radius 3 is 2.50 bits per heavy atom. The average Bonchev–Trinajstić information content (AvgIpc) is 2.32. The Hall–Kier alpha value is -1.43. The lowest BCUT2D eigenvalue weighted by Gasteiger charge is -2.28. The third-order valence-corrected chi connectivity index (χ3v) is 3.16. The monoisotopic (exact) mass is 345 g/mol. The number of carbonyl (C=O) groups is 2. The fourth-order valence-electron chi connectivity index (χ4n) is 1.54. The quantitative estimate of drug-likeness (QED) is 0.784. The number of hydrogen-bond donors (Lipinski definition) is 0. The SMILES string of the molecule is CN(C(=O)OC(C)(C)C)C(C=O)c1ccc(Br)c(F)c1. The molecule has 0 saturated carbocycles. The lowest BCUT2D eigenvalue weighted by molar-refractivity contribution is -0.112. The summed E-state index contributed by atoms with van der Waals surface area (Å²) < 4.78 is 19.0. The largest absolute Gasteiger partial charge is 0.444 e. The summed E-state index contributed by atoms with van der Waals surface area (Å²) in [5.41, 5.74) is -0.280. The molecule has 1 aromatic carbocycles. The van der Waals surface area contributed by atoms with Gasteiger partial charge in [0.05, 0.1) is 4.47 Å². The third-order valence-electron chi connectivity index (χ3n) is 2.51. The molecule has 0 fully saturated rings. The fraction of sp³-hybridized carbons (Fsp3) is 0.429. The number of halogens is 2. The number of benzene rings is 1. The number of nitrogens with zero attached hydrogens (tertiary/aromatic N) is 1. The van der Waals surface area contributed by atoms with E-state index in [2.05, 4.69) is 15.9 Å². The molecular weight excluding hydrogens is 329 g/mol. The minimum absolute atomic E-state index is 0.297. The van der Waals surface area contributed by atoms with Crippen molar-refractivity contribution < 1.29 is 18.7 Å². The molecule has 0 saturated heterocycles. The van der Waals surface area contributed by atoms with Crippen LogP contribution >= 0.6 is 15.9 Å². The standard InChI is InChI=1S/C14H17BrFNO3/c1-14(2,3)20-13(19)17(4)12(8-18)9-5-6-10(15)11(16)7-9/h5-8,12H,1-4H3. The Morgan fingerprint density at radius 2 is 2.05 bits per heavy atom. The number of aldehydes is 1. The van der Waals surface area contributed by atoms with Crippen LogP contribution in [-0.4, -0.2) is 29.9 Å². The van der Waals surface area contributed by atoms with Gasteiger partial charge >= 0.3 is 6.09 Å². The molecule has 0 aliphatic rings. The van der Waals surface area contributed by atoms with Crippen molar-refractivity contribution in [3.8, 4) is 0 Å². The Labute approximate surface area is 126 Å². The van der Waals surface area contributed by atoms with Crippen LogP contribution in [0, 0.1) is 5.82 Å². The van der Waals surface area contributed by atoms with E-state index in [0.717, 1.165) is 4.90 Å². The molecule has 1 aromatic rings. The second-order valence-electron chi connectivity index (χ2n) is 5.35. The second kappa shape index (κ2) is 6.35. The van der Waals surface area contributed by atoms with Crippen LogP contribution in [0.25, 0.3) is 0 Å². The predicted octanol–water partition coefficient (Wildman–Crippen LogP) is 3.70. The van der Waals surface area contributed by atoms with E-state index in [0.29, 0.717) is 16.3 Å². The van der Waals surface area contributed by atoms with Crippen LogP contribution in [0.5, 0.6) is 0 Å². The summed E-state index contributed by atoms with van der Waals surface area (Å²) in [4.78, 5) is 24.3. The molecule has 0 aliphatic heterocycles. The maximum Gasteiger partial charge on any atom is 0.410 e. The van der Waals surface area contributed by atoms with Gasteiger partial charge in [-0.05, 0) is 54.4 Å². The molecule has 0 radical (unpaired) electrons. The molecule has 20 heavy (non-hydrogen) atoms. The van der Waals surface area contributed by atoms with Crippen LogP contribution in [0.1, 0.15) is 32.4 Å². The molecule has 0 bridgehead atoms. The van der Waals surface area contributed by atoms with Crippen LogP contribution in [0.15, 0.2) is 22.7 Å². The van der Waals surface area contributed by atoms with Crippen molar-refractivity contribution in [1.82, 2.24) is 4.90 Å². The van der Waals surface area contributed by atoms with Gasteiger partial charge in [0.2, 0.25) is 0 Å². The fourth-order valence-corrected chi connectivity index (χ4v) is 1.78. The Morgan fingerprint density at radius 1 is 1.45 bits per heavy atom. The molecule has 0 heterocycles. The molecule has 1 unspecified atom stereocenters. The highest BCUT2D eigenvalue weighted by Gasteiger charge is 2.26. The Bertz CT molecular complexity index is 514. The van der Waals surface area contributed by atoms with Gasteiger partial charge in [-0.2, -0.15) is 0 Å². The van der Waals surface area contributed by atoms with Gasteiger partial charge in [-0.3, -0.25) is 4.90 Å². The van der Waals surface area contributed by atoms with E-state index < -0.39 is 23.6 Å². The molecular formula is C14H17BrFNO3. The minimum Gasteiger partial charge on any atom is -0.444 e. The Kier molecular flexibility index (Phi) is 5.28. The number of rotatable bonds is 3. The summed E-state index contributed by atoms with van der Waals surface area (Å²) in [6, 6.07) is 3.38. The molecule has 1 rings (SSSR count). The summed E-state index contributed by atoms with van der Waals surface area (Å²) in [6.07, 6.45) is -0.0648. The third kappa shape index (κ3) is 4.30. The van der Waals surface area contributed by atoms with Crippen molar-refractivity contribution in [3.05, 3.63) is 34.1 Å². The number of carbonyl (C=O) groups excluding carboxylic acids is 2. The maximum absolute atomic E-state index is 13.5. The number of hydrogen-bond acceptors (Lipinski definition) is 3. The van der Waals surface area contributed by atoms with Gasteiger partial charge in [0.25, 0.3) is 0 Å². The van der Waals surface area contributed by atoms with Gasteiger partial charge in [0, 0.05) is 7.05 Å². The van der Waals surface area contributed by atoms with Crippen molar-refractivity contribution in [2.24, 2.45) is 0 Å². The van der Waals surface area contributed by atoms with Gasteiger partial charge in [0.1, 0.15) is 23.7 Å². The smallest absolute Gasteiger partial charge is 0.410 e. The van der Waals surface area contributed by atoms with E-state index in [9.17, 15) is 14.0 Å². The van der Waals surface area contributed by atoms with Gasteiger partial charge < -0.3 is 9.53 Å². The Balaban J connectivity index is 2.97. The highest BCUT2D eigenvalue weighted by molar-refractivity contribution is 9.10. The molecule has 0 aliphatic carbocycles. The van der Waals surface area contributed by atoms with Gasteiger partial charge in [-0.25, -0.2) is 9.18 Å². The van der Waals surface area contributed by atoms with E-state index >= 15 is 0 Å². The van der Waals surface area contributed by atoms with Gasteiger partial charge in [0.15, 0.2) is 0 Å². The summed E-state index contributed by atoms with van der Waals surface area (Å²) in [5.74, 6) is -0.494. The van der Waals surface area contributed by atoms with Crippen molar-refractivity contribution in [3.63, 3.8) is 0 Å². The first-order valence-electron chi connectivity index (χ1n) is 6.02. The molecule has 6 heteroatoms. The highest BCUT2D eigenvalue weighted by Crippen LogP contribution is 2.24. The topological polar surface area (TPSA) is 46.6 Å². The number of ether oxygens (including phenoxy) is 1. The molecule has 0 spiro atoms. The molecule has 0 N–H and O–H groups in total. The van der Waals surface area contributed by atoms with Crippen LogP contribution in [0.2, 0.25) is 0 Å². The van der Waals surface area contributed by atoms with E-state index in [1.165, 1.54) is 19.2 Å². The van der Waals surface area contributed by atoms with E-state index in [1.807, 2.05) is 0 Å². The lowest BCUT2D eigenvalue weighted by Crippen LogP contribution is -2.37. The van der Waals surface area contributed by atoms with Crippen molar-refractivity contribution in [2.75, 3.05) is 7.05 Å². The van der Waals surface area contributed by atoms with E-state index in [1.54, 1.807) is 26.8 Å². The summed E-state index contributed by atoms with van der Waals surface area (Å²) in [7, 11) is 1.44. The average molecular weight is 346 g/mol. The van der Waals surface area contributed by atoms with Gasteiger partial charge in [-0.1, -0.05) is 6.07 Å². The number of amides is 1. The van der Waals surface area contributed by atoms with Crippen LogP contribution < -0.4 is 0 Å². The minimum atomic E-state index is -0.896. The normalized spacial score (nSPS) is 12.7. The zero-order chi connectivity index (χ0) is 15.5. The molecule has 0 aromatic heterocycles. The second-order valence-corrected chi connectivity index (χ2v) is 6.20. The van der Waals surface area contributed by atoms with Crippen LogP contribution in [0.4, 0.5) is 9.18 Å². The first-order valence-corrected chi connectivity index (χ1v) is 6.81. The zero-order valence-corrected chi connectivity index (χ0v) is 13.4. The first-order chi connectivity index (χ1) is 9.15. The highest BCUT2D eigenvalue weighted by atomic mass is 79.9.